The molecule has 0 N–H and O–H groups in total. The number of thioether (sulfide) groups is 1. The van der Waals surface area contributed by atoms with E-state index in [1.54, 1.807) is 7.05 Å². The van der Waals surface area contributed by atoms with Crippen molar-refractivity contribution in [2.75, 3.05) is 19.3 Å². The predicted octanol–water partition coefficient (Wildman–Crippen LogP) is 2.88. The topological polar surface area (TPSA) is 83.0 Å². The second-order valence-corrected chi connectivity index (χ2v) is 6.42. The Kier molecular flexibility index (Phi) is 6.82. The number of benzene rings is 1. The van der Waals surface area contributed by atoms with Crippen molar-refractivity contribution in [1.82, 2.24) is 15.1 Å². The van der Waals surface area contributed by atoms with Crippen molar-refractivity contribution >= 4 is 17.7 Å². The number of nitriles is 1. The third-order valence-corrected chi connectivity index (χ3v) is 4.40. The average molecular weight is 344 g/mol. The molecule has 0 saturated heterocycles. The Morgan fingerprint density at radius 1 is 1.38 bits per heavy atom. The van der Waals surface area contributed by atoms with E-state index in [0.717, 1.165) is 0 Å². The highest BCUT2D eigenvalue weighted by molar-refractivity contribution is 7.99. The molecule has 0 fully saturated rings. The fraction of sp³-hybridized carbons (Fsp3) is 0.412. The standard InChI is InChI=1S/C17H20N4O2S/c1-13(14-7-4-3-5-8-14)11-15-19-20-17(23-15)24-12-16(22)21(2)10-6-9-18/h3-5,7-8,13H,6,10-12H2,1-2H3. The fourth-order valence-electron chi connectivity index (χ4n) is 2.12. The van der Waals surface area contributed by atoms with Gasteiger partial charge >= 0.3 is 0 Å². The first-order valence-electron chi connectivity index (χ1n) is 7.71. The molecule has 0 spiro atoms. The number of hydrogen-bond acceptors (Lipinski definition) is 6. The van der Waals surface area contributed by atoms with Crippen LogP contribution >= 0.6 is 11.8 Å². The predicted molar refractivity (Wildman–Crippen MR) is 91.5 cm³/mol. The zero-order chi connectivity index (χ0) is 17.4. The monoisotopic (exact) mass is 344 g/mol. The van der Waals surface area contributed by atoms with Gasteiger partial charge in [0.2, 0.25) is 11.8 Å². The Morgan fingerprint density at radius 3 is 2.83 bits per heavy atom. The lowest BCUT2D eigenvalue weighted by Crippen LogP contribution is -2.29. The van der Waals surface area contributed by atoms with E-state index in [2.05, 4.69) is 29.3 Å². The van der Waals surface area contributed by atoms with Crippen LogP contribution in [-0.4, -0.2) is 40.3 Å². The number of amides is 1. The lowest BCUT2D eigenvalue weighted by atomic mass is 9.98. The van der Waals surface area contributed by atoms with E-state index >= 15 is 0 Å². The van der Waals surface area contributed by atoms with Crippen LogP contribution < -0.4 is 0 Å². The van der Waals surface area contributed by atoms with E-state index < -0.39 is 0 Å². The molecule has 0 bridgehead atoms. The minimum Gasteiger partial charge on any atom is -0.416 e. The van der Waals surface area contributed by atoms with Crippen molar-refractivity contribution < 1.29 is 9.21 Å². The average Bonchev–Trinajstić information content (AvgIpc) is 3.05. The summed E-state index contributed by atoms with van der Waals surface area (Å²) in [6.07, 6.45) is 0.989. The Bertz CT molecular complexity index is 696. The molecular formula is C17H20N4O2S. The van der Waals surface area contributed by atoms with E-state index in [4.69, 9.17) is 9.68 Å². The smallest absolute Gasteiger partial charge is 0.277 e. The van der Waals surface area contributed by atoms with Crippen LogP contribution in [0.15, 0.2) is 40.0 Å². The maximum atomic E-state index is 11.9. The molecule has 0 radical (unpaired) electrons. The van der Waals surface area contributed by atoms with Crippen LogP contribution in [0.25, 0.3) is 0 Å². The summed E-state index contributed by atoms with van der Waals surface area (Å²) >= 11 is 1.22. The highest BCUT2D eigenvalue weighted by Gasteiger charge is 2.15. The third kappa shape index (κ3) is 5.39. The van der Waals surface area contributed by atoms with Gasteiger partial charge in [-0.2, -0.15) is 5.26 Å². The molecule has 0 aliphatic carbocycles. The second kappa shape index (κ2) is 9.08. The molecule has 1 unspecified atom stereocenters. The minimum atomic E-state index is -0.0624. The maximum absolute atomic E-state index is 11.9. The Labute approximate surface area is 145 Å². The molecule has 1 heterocycles. The summed E-state index contributed by atoms with van der Waals surface area (Å²) in [6.45, 7) is 2.54. The fourth-order valence-corrected chi connectivity index (χ4v) is 2.84. The lowest BCUT2D eigenvalue weighted by molar-refractivity contribution is -0.127. The number of carbonyl (C=O) groups is 1. The van der Waals surface area contributed by atoms with Crippen LogP contribution in [0.2, 0.25) is 0 Å². The van der Waals surface area contributed by atoms with Crippen molar-refractivity contribution in [3.8, 4) is 6.07 Å². The van der Waals surface area contributed by atoms with Gasteiger partial charge in [0.25, 0.3) is 5.22 Å². The molecule has 6 nitrogen and oxygen atoms in total. The Morgan fingerprint density at radius 2 is 2.12 bits per heavy atom. The summed E-state index contributed by atoms with van der Waals surface area (Å²) in [5.41, 5.74) is 1.22. The first-order chi connectivity index (χ1) is 11.6. The van der Waals surface area contributed by atoms with E-state index in [0.29, 0.717) is 30.5 Å². The third-order valence-electron chi connectivity index (χ3n) is 3.60. The molecule has 7 heteroatoms. The molecule has 0 aliphatic rings. The molecular weight excluding hydrogens is 324 g/mol. The van der Waals surface area contributed by atoms with E-state index in [1.165, 1.54) is 22.2 Å². The van der Waals surface area contributed by atoms with Crippen molar-refractivity contribution in [2.45, 2.75) is 30.9 Å². The number of nitrogens with zero attached hydrogens (tertiary/aromatic N) is 4. The van der Waals surface area contributed by atoms with Crippen LogP contribution in [0, 0.1) is 11.3 Å². The molecule has 24 heavy (non-hydrogen) atoms. The molecule has 0 saturated carbocycles. The summed E-state index contributed by atoms with van der Waals surface area (Å²) in [5.74, 6) is 1.01. The molecule has 1 atom stereocenters. The van der Waals surface area contributed by atoms with Gasteiger partial charge in [-0.3, -0.25) is 4.79 Å². The molecule has 0 aliphatic heterocycles. The molecule has 1 aromatic heterocycles. The number of carbonyl (C=O) groups excluding carboxylic acids is 1. The van der Waals surface area contributed by atoms with Gasteiger partial charge in [0, 0.05) is 20.0 Å². The molecule has 1 aromatic carbocycles. The summed E-state index contributed by atoms with van der Waals surface area (Å²) in [5, 5.41) is 17.0. The van der Waals surface area contributed by atoms with Gasteiger partial charge in [-0.25, -0.2) is 0 Å². The maximum Gasteiger partial charge on any atom is 0.277 e. The molecule has 1 amide bonds. The second-order valence-electron chi connectivity index (χ2n) is 5.49. The van der Waals surface area contributed by atoms with Crippen LogP contribution in [0.5, 0.6) is 0 Å². The van der Waals surface area contributed by atoms with Crippen LogP contribution in [0.3, 0.4) is 0 Å². The summed E-state index contributed by atoms with van der Waals surface area (Å²) in [4.78, 5) is 13.4. The van der Waals surface area contributed by atoms with Crippen molar-refractivity contribution in [1.29, 1.82) is 5.26 Å². The largest absolute Gasteiger partial charge is 0.416 e. The number of rotatable bonds is 8. The van der Waals surface area contributed by atoms with E-state index in [-0.39, 0.29) is 17.6 Å². The Hall–Kier alpha value is -2.33. The number of aromatic nitrogens is 2. The van der Waals surface area contributed by atoms with Crippen molar-refractivity contribution in [3.05, 3.63) is 41.8 Å². The van der Waals surface area contributed by atoms with Crippen LogP contribution in [-0.2, 0) is 11.2 Å². The highest BCUT2D eigenvalue weighted by atomic mass is 32.2. The zero-order valence-corrected chi connectivity index (χ0v) is 14.6. The summed E-state index contributed by atoms with van der Waals surface area (Å²) in [7, 11) is 1.68. The summed E-state index contributed by atoms with van der Waals surface area (Å²) in [6, 6.07) is 12.2. The first kappa shape index (κ1) is 18.0. The van der Waals surface area contributed by atoms with Gasteiger partial charge in [-0.05, 0) is 11.5 Å². The highest BCUT2D eigenvalue weighted by Crippen LogP contribution is 2.22. The minimum absolute atomic E-state index is 0.0624. The van der Waals surface area contributed by atoms with Gasteiger partial charge in [0.05, 0.1) is 18.2 Å². The normalized spacial score (nSPS) is 11.7. The SMILES string of the molecule is CC(Cc1nnc(SCC(=O)N(C)CCC#N)o1)c1ccccc1. The van der Waals surface area contributed by atoms with Crippen molar-refractivity contribution in [2.24, 2.45) is 0 Å². The van der Waals surface area contributed by atoms with Gasteiger partial charge < -0.3 is 9.32 Å². The number of hydrogen-bond donors (Lipinski definition) is 0. The van der Waals surface area contributed by atoms with Crippen LogP contribution in [0.4, 0.5) is 0 Å². The van der Waals surface area contributed by atoms with Crippen molar-refractivity contribution in [3.63, 3.8) is 0 Å². The molecule has 2 aromatic rings. The van der Waals surface area contributed by atoms with E-state index in [9.17, 15) is 4.79 Å². The Balaban J connectivity index is 1.83. The molecule has 126 valence electrons. The zero-order valence-electron chi connectivity index (χ0n) is 13.8. The van der Waals surface area contributed by atoms with E-state index in [1.807, 2.05) is 24.3 Å². The van der Waals surface area contributed by atoms with Gasteiger partial charge in [-0.1, -0.05) is 49.0 Å². The summed E-state index contributed by atoms with van der Waals surface area (Å²) < 4.78 is 5.60. The van der Waals surface area contributed by atoms with Gasteiger partial charge in [-0.15, -0.1) is 10.2 Å². The lowest BCUT2D eigenvalue weighted by Gasteiger charge is -2.14. The first-order valence-corrected chi connectivity index (χ1v) is 8.69. The quantitative estimate of drug-likeness (QED) is 0.685. The van der Waals surface area contributed by atoms with Crippen LogP contribution in [0.1, 0.15) is 30.7 Å². The van der Waals surface area contributed by atoms with Gasteiger partial charge in [0.15, 0.2) is 0 Å². The molecule has 2 rings (SSSR count). The van der Waals surface area contributed by atoms with Gasteiger partial charge in [0.1, 0.15) is 0 Å².